The zero-order valence-electron chi connectivity index (χ0n) is 12.9. The molecule has 0 saturated carbocycles. The minimum atomic E-state index is -1.20. The number of aliphatic hydroxyl groups excluding tert-OH is 1. The van der Waals surface area contributed by atoms with Gasteiger partial charge in [0.25, 0.3) is 6.04 Å². The van der Waals surface area contributed by atoms with Crippen LogP contribution in [0.3, 0.4) is 0 Å². The average molecular weight is 417 g/mol. The molecule has 7 heteroatoms. The fraction of sp³-hybridized carbons (Fsp3) is 0.167. The van der Waals surface area contributed by atoms with Crippen molar-refractivity contribution in [2.45, 2.75) is 22.4 Å². The Kier molecular flexibility index (Phi) is 4.23. The Morgan fingerprint density at radius 1 is 1.16 bits per heavy atom. The summed E-state index contributed by atoms with van der Waals surface area (Å²) >= 11 is 4.72. The number of aliphatic hydroxyl groups is 1. The molecule has 1 aliphatic heterocycles. The van der Waals surface area contributed by atoms with E-state index in [9.17, 15) is 15.2 Å². The highest BCUT2D eigenvalue weighted by molar-refractivity contribution is 9.10. The summed E-state index contributed by atoms with van der Waals surface area (Å²) < 4.78 is 0.903. The van der Waals surface area contributed by atoms with E-state index in [4.69, 9.17) is 0 Å². The van der Waals surface area contributed by atoms with E-state index < -0.39 is 17.4 Å². The molecule has 0 spiro atoms. The van der Waals surface area contributed by atoms with Gasteiger partial charge in [-0.25, -0.2) is 4.98 Å². The molecular weight excluding hydrogens is 404 g/mol. The number of thioether (sulfide) groups is 1. The Morgan fingerprint density at radius 3 is 2.60 bits per heavy atom. The maximum atomic E-state index is 11.7. The molecule has 25 heavy (non-hydrogen) atoms. The molecule has 2 aromatic carbocycles. The number of hydrogen-bond donors (Lipinski definition) is 1. The Hall–Kier alpha value is -1.96. The van der Waals surface area contributed by atoms with Crippen LogP contribution in [0, 0.1) is 10.1 Å². The SMILES string of the molecule is O=[N+]([O-])[C@H]1[C@H](O)c2cc3ccccc3nc2S[C@@H]1c1ccc(Br)cc1. The predicted octanol–water partition coefficient (Wildman–Crippen LogP) is 4.52. The molecule has 0 bridgehead atoms. The minimum Gasteiger partial charge on any atom is -0.381 e. The van der Waals surface area contributed by atoms with Crippen molar-refractivity contribution in [3.63, 3.8) is 0 Å². The minimum absolute atomic E-state index is 0.386. The van der Waals surface area contributed by atoms with Crippen LogP contribution < -0.4 is 0 Å². The van der Waals surface area contributed by atoms with Crippen molar-refractivity contribution in [3.05, 3.63) is 80.3 Å². The van der Waals surface area contributed by atoms with Gasteiger partial charge >= 0.3 is 0 Å². The lowest BCUT2D eigenvalue weighted by Gasteiger charge is -2.30. The number of rotatable bonds is 2. The maximum absolute atomic E-state index is 11.7. The smallest absolute Gasteiger partial charge is 0.258 e. The van der Waals surface area contributed by atoms with Gasteiger partial charge in [-0.15, -0.1) is 0 Å². The largest absolute Gasteiger partial charge is 0.381 e. The van der Waals surface area contributed by atoms with Crippen LogP contribution in [0.25, 0.3) is 10.9 Å². The molecule has 3 atom stereocenters. The third-order valence-corrected chi connectivity index (χ3v) is 6.23. The first-order valence-corrected chi connectivity index (χ1v) is 9.35. The lowest BCUT2D eigenvalue weighted by molar-refractivity contribution is -0.536. The number of nitro groups is 1. The van der Waals surface area contributed by atoms with E-state index in [2.05, 4.69) is 20.9 Å². The zero-order chi connectivity index (χ0) is 17.6. The fourth-order valence-corrected chi connectivity index (χ4v) is 4.76. The fourth-order valence-electron chi connectivity index (χ4n) is 3.10. The lowest BCUT2D eigenvalue weighted by Crippen LogP contribution is -2.35. The first-order valence-electron chi connectivity index (χ1n) is 7.68. The van der Waals surface area contributed by atoms with Crippen LogP contribution in [0.1, 0.15) is 22.5 Å². The van der Waals surface area contributed by atoms with E-state index in [1.807, 2.05) is 54.6 Å². The van der Waals surface area contributed by atoms with Crippen LogP contribution in [-0.2, 0) is 0 Å². The summed E-state index contributed by atoms with van der Waals surface area (Å²) in [5.41, 5.74) is 2.14. The van der Waals surface area contributed by atoms with Crippen LogP contribution >= 0.6 is 27.7 Å². The standard InChI is InChI=1S/C18H13BrN2O3S/c19-12-7-5-10(6-8-12)17-15(21(23)24)16(22)13-9-11-3-1-2-4-14(11)20-18(13)25-17/h1-9,15-17,22H/t15-,16+,17+/m0/s1. The van der Waals surface area contributed by atoms with Gasteiger partial charge in [-0.3, -0.25) is 10.1 Å². The highest BCUT2D eigenvalue weighted by atomic mass is 79.9. The van der Waals surface area contributed by atoms with Gasteiger partial charge in [-0.2, -0.15) is 0 Å². The first kappa shape index (κ1) is 16.5. The van der Waals surface area contributed by atoms with E-state index in [-0.39, 0.29) is 4.92 Å². The van der Waals surface area contributed by atoms with E-state index in [0.717, 1.165) is 20.9 Å². The van der Waals surface area contributed by atoms with E-state index in [1.54, 1.807) is 0 Å². The highest BCUT2D eigenvalue weighted by Crippen LogP contribution is 2.49. The Morgan fingerprint density at radius 2 is 1.88 bits per heavy atom. The van der Waals surface area contributed by atoms with Crippen LogP contribution in [-0.4, -0.2) is 21.1 Å². The number of fused-ring (bicyclic) bond motifs is 2. The van der Waals surface area contributed by atoms with Crippen molar-refractivity contribution in [1.29, 1.82) is 0 Å². The van der Waals surface area contributed by atoms with Gasteiger partial charge in [0.1, 0.15) is 10.3 Å². The summed E-state index contributed by atoms with van der Waals surface area (Å²) in [7, 11) is 0. The van der Waals surface area contributed by atoms with E-state index in [0.29, 0.717) is 10.6 Å². The van der Waals surface area contributed by atoms with Crippen molar-refractivity contribution in [2.75, 3.05) is 0 Å². The molecule has 0 aliphatic carbocycles. The second-order valence-electron chi connectivity index (χ2n) is 5.89. The summed E-state index contributed by atoms with van der Waals surface area (Å²) in [5.74, 6) is 0. The molecular formula is C18H13BrN2O3S. The van der Waals surface area contributed by atoms with Gasteiger partial charge in [0.2, 0.25) is 0 Å². The second kappa shape index (κ2) is 6.40. The normalized spacial score (nSPS) is 22.6. The first-order chi connectivity index (χ1) is 12.0. The van der Waals surface area contributed by atoms with Crippen LogP contribution in [0.2, 0.25) is 0 Å². The molecule has 0 unspecified atom stereocenters. The monoisotopic (exact) mass is 416 g/mol. The van der Waals surface area contributed by atoms with Crippen molar-refractivity contribution >= 4 is 38.6 Å². The lowest BCUT2D eigenvalue weighted by atomic mass is 9.95. The van der Waals surface area contributed by atoms with Gasteiger partial charge in [-0.1, -0.05) is 58.0 Å². The topological polar surface area (TPSA) is 76.3 Å². The number of pyridine rings is 1. The molecule has 1 aliphatic rings. The number of aromatic nitrogens is 1. The molecule has 4 rings (SSSR count). The van der Waals surface area contributed by atoms with Crippen molar-refractivity contribution in [2.24, 2.45) is 0 Å². The van der Waals surface area contributed by atoms with Crippen molar-refractivity contribution < 1.29 is 10.0 Å². The van der Waals surface area contributed by atoms with Crippen LogP contribution in [0.15, 0.2) is 64.1 Å². The molecule has 1 aromatic heterocycles. The molecule has 126 valence electrons. The predicted molar refractivity (Wildman–Crippen MR) is 100 cm³/mol. The van der Waals surface area contributed by atoms with Gasteiger partial charge in [0.15, 0.2) is 6.10 Å². The van der Waals surface area contributed by atoms with E-state index >= 15 is 0 Å². The summed E-state index contributed by atoms with van der Waals surface area (Å²) in [5, 5.41) is 23.4. The molecule has 0 saturated heterocycles. The van der Waals surface area contributed by atoms with Gasteiger partial charge in [0, 0.05) is 20.3 Å². The Bertz CT molecular complexity index is 964. The molecule has 1 N–H and O–H groups in total. The quantitative estimate of drug-likeness (QED) is 0.490. The average Bonchev–Trinajstić information content (AvgIpc) is 2.60. The molecule has 0 radical (unpaired) electrons. The summed E-state index contributed by atoms with van der Waals surface area (Å²) in [6.07, 6.45) is -1.20. The third kappa shape index (κ3) is 2.92. The number of halogens is 1. The summed E-state index contributed by atoms with van der Waals surface area (Å²) in [4.78, 5) is 15.9. The Balaban J connectivity index is 1.86. The molecule has 5 nitrogen and oxygen atoms in total. The highest BCUT2D eigenvalue weighted by Gasteiger charge is 2.46. The summed E-state index contributed by atoms with van der Waals surface area (Å²) in [6.45, 7) is 0. The van der Waals surface area contributed by atoms with E-state index in [1.165, 1.54) is 11.8 Å². The molecule has 2 heterocycles. The number of hydrogen-bond acceptors (Lipinski definition) is 5. The van der Waals surface area contributed by atoms with Gasteiger partial charge < -0.3 is 5.11 Å². The summed E-state index contributed by atoms with van der Waals surface area (Å²) in [6, 6.07) is 15.6. The second-order valence-corrected chi connectivity index (χ2v) is 7.93. The van der Waals surface area contributed by atoms with Gasteiger partial charge in [-0.05, 0) is 29.8 Å². The zero-order valence-corrected chi connectivity index (χ0v) is 15.3. The number of benzene rings is 2. The maximum Gasteiger partial charge on any atom is 0.258 e. The molecule has 0 amide bonds. The Labute approximate surface area is 156 Å². The molecule has 3 aromatic rings. The van der Waals surface area contributed by atoms with Crippen LogP contribution in [0.5, 0.6) is 0 Å². The molecule has 0 fully saturated rings. The van der Waals surface area contributed by atoms with Crippen molar-refractivity contribution in [3.8, 4) is 0 Å². The third-order valence-electron chi connectivity index (χ3n) is 4.35. The van der Waals surface area contributed by atoms with Crippen LogP contribution in [0.4, 0.5) is 0 Å². The number of para-hydroxylation sites is 1. The number of nitrogens with zero attached hydrogens (tertiary/aromatic N) is 2. The van der Waals surface area contributed by atoms with Crippen molar-refractivity contribution in [1.82, 2.24) is 4.98 Å². The van der Waals surface area contributed by atoms with Gasteiger partial charge in [0.05, 0.1) is 5.52 Å².